The Kier molecular flexibility index (Phi) is 10.5. The highest BCUT2D eigenvalue weighted by atomic mass is 32.2. The van der Waals surface area contributed by atoms with Crippen LogP contribution in [0.3, 0.4) is 0 Å². The van der Waals surface area contributed by atoms with E-state index < -0.39 is 11.2 Å². The van der Waals surface area contributed by atoms with Gasteiger partial charge in [-0.3, -0.25) is 9.59 Å². The maximum atomic E-state index is 12.4. The smallest absolute Gasteiger partial charge is 0.193 e. The summed E-state index contributed by atoms with van der Waals surface area (Å²) in [6, 6.07) is 14.9. The summed E-state index contributed by atoms with van der Waals surface area (Å²) in [5.41, 5.74) is 0.311. The van der Waals surface area contributed by atoms with Crippen LogP contribution in [-0.4, -0.2) is 38.7 Å². The van der Waals surface area contributed by atoms with Crippen molar-refractivity contribution in [3.05, 3.63) is 70.8 Å². The molecule has 2 N–H and O–H groups in total. The molecule has 0 aromatic heterocycles. The van der Waals surface area contributed by atoms with Gasteiger partial charge in [0.05, 0.1) is 5.25 Å². The van der Waals surface area contributed by atoms with E-state index in [2.05, 4.69) is 6.92 Å². The summed E-state index contributed by atoms with van der Waals surface area (Å²) in [7, 11) is 0. The lowest BCUT2D eigenvalue weighted by molar-refractivity contribution is 0.0487. The number of unbranched alkanes of at least 4 members (excludes halogenated alkanes) is 5. The van der Waals surface area contributed by atoms with Crippen LogP contribution in [-0.2, 0) is 0 Å². The van der Waals surface area contributed by atoms with Gasteiger partial charge in [0.2, 0.25) is 0 Å². The minimum absolute atomic E-state index is 0.0632. The molecule has 0 spiro atoms. The molecule has 0 aliphatic heterocycles. The van der Waals surface area contributed by atoms with Gasteiger partial charge >= 0.3 is 0 Å². The molecule has 0 saturated carbocycles. The van der Waals surface area contributed by atoms with Gasteiger partial charge in [-0.2, -0.15) is 0 Å². The number of rotatable bonds is 14. The van der Waals surface area contributed by atoms with Gasteiger partial charge in [0.25, 0.3) is 0 Å². The molecule has 0 unspecified atom stereocenters. The second-order valence-corrected chi connectivity index (χ2v) is 11.3. The van der Waals surface area contributed by atoms with E-state index in [1.165, 1.54) is 59.8 Å². The maximum Gasteiger partial charge on any atom is 0.193 e. The molecule has 186 valence electrons. The Morgan fingerprint density at radius 2 is 1.09 bits per heavy atom. The number of hydrogen-bond acceptors (Lipinski definition) is 5. The third kappa shape index (κ3) is 8.37. The number of carbonyl (C=O) groups is 2. The molecule has 4 nitrogen and oxygen atoms in total. The van der Waals surface area contributed by atoms with Crippen LogP contribution >= 0.6 is 11.8 Å². The summed E-state index contributed by atoms with van der Waals surface area (Å²) in [5, 5.41) is 20.2. The molecule has 0 bridgehead atoms. The zero-order valence-corrected chi connectivity index (χ0v) is 22.1. The average molecular weight is 485 g/mol. The molecule has 2 aromatic carbocycles. The first kappa shape index (κ1) is 28.3. The molecule has 0 amide bonds. The third-order valence-corrected chi connectivity index (χ3v) is 7.25. The van der Waals surface area contributed by atoms with E-state index in [1.54, 1.807) is 24.3 Å². The quantitative estimate of drug-likeness (QED) is 0.228. The lowest BCUT2D eigenvalue weighted by Crippen LogP contribution is -2.31. The van der Waals surface area contributed by atoms with Crippen molar-refractivity contribution in [3.8, 4) is 0 Å². The number of thioether (sulfide) groups is 1. The van der Waals surface area contributed by atoms with Crippen molar-refractivity contribution in [1.29, 1.82) is 0 Å². The highest BCUT2D eigenvalue weighted by molar-refractivity contribution is 7.99. The summed E-state index contributed by atoms with van der Waals surface area (Å²) in [6.07, 6.45) is 7.46. The Bertz CT molecular complexity index is 849. The molecule has 34 heavy (non-hydrogen) atoms. The average Bonchev–Trinajstić information content (AvgIpc) is 2.79. The van der Waals surface area contributed by atoms with Crippen molar-refractivity contribution < 1.29 is 19.8 Å². The molecule has 0 aliphatic rings. The summed E-state index contributed by atoms with van der Waals surface area (Å²) >= 11 is 1.86. The lowest BCUT2D eigenvalue weighted by atomic mass is 9.93. The molecule has 0 aliphatic carbocycles. The molecule has 2 aromatic rings. The van der Waals surface area contributed by atoms with Gasteiger partial charge in [-0.05, 0) is 51.0 Å². The standard InChI is InChI=1S/C29H40O4S/c1-6-7-8-9-10-11-20-34-25(21-12-16-23(17-13-21)26(30)28(2,3)32)22-14-18-24(19-15-22)27(31)29(4,5)33/h12-19,25,32-33H,6-11,20H2,1-5H3. The topological polar surface area (TPSA) is 74.6 Å². The van der Waals surface area contributed by atoms with Crippen molar-refractivity contribution in [3.63, 3.8) is 0 Å². The molecule has 0 fully saturated rings. The molecule has 0 radical (unpaired) electrons. The Morgan fingerprint density at radius 1 is 0.706 bits per heavy atom. The first-order valence-corrected chi connectivity index (χ1v) is 13.4. The van der Waals surface area contributed by atoms with Gasteiger partial charge in [-0.25, -0.2) is 0 Å². The zero-order valence-electron chi connectivity index (χ0n) is 21.3. The van der Waals surface area contributed by atoms with E-state index in [4.69, 9.17) is 0 Å². The molecule has 0 saturated heterocycles. The first-order chi connectivity index (χ1) is 15.9. The van der Waals surface area contributed by atoms with Gasteiger partial charge in [-0.15, -0.1) is 11.8 Å². The second-order valence-electron chi connectivity index (χ2n) is 10.0. The number of aliphatic hydroxyl groups is 2. The van der Waals surface area contributed by atoms with Crippen molar-refractivity contribution in [2.45, 2.75) is 89.6 Å². The predicted molar refractivity (Wildman–Crippen MR) is 142 cm³/mol. The van der Waals surface area contributed by atoms with Crippen LogP contribution in [0.2, 0.25) is 0 Å². The molecule has 0 atom stereocenters. The first-order valence-electron chi connectivity index (χ1n) is 12.3. The third-order valence-electron chi connectivity index (χ3n) is 5.84. The normalized spacial score (nSPS) is 12.2. The SMILES string of the molecule is CCCCCCCCSC(c1ccc(C(=O)C(C)(C)O)cc1)c1ccc(C(=O)C(C)(C)O)cc1. The largest absolute Gasteiger partial charge is 0.382 e. The zero-order chi connectivity index (χ0) is 25.4. The summed E-state index contributed by atoms with van der Waals surface area (Å²) < 4.78 is 0. The Morgan fingerprint density at radius 3 is 1.47 bits per heavy atom. The molecule has 5 heteroatoms. The maximum absolute atomic E-state index is 12.4. The van der Waals surface area contributed by atoms with E-state index in [1.807, 2.05) is 36.0 Å². The lowest BCUT2D eigenvalue weighted by Gasteiger charge is -2.20. The highest BCUT2D eigenvalue weighted by Crippen LogP contribution is 2.37. The number of ketones is 2. The van der Waals surface area contributed by atoms with Crippen molar-refractivity contribution in [1.82, 2.24) is 0 Å². The molecule has 2 rings (SSSR count). The Labute approximate surface area is 209 Å². The highest BCUT2D eigenvalue weighted by Gasteiger charge is 2.27. The van der Waals surface area contributed by atoms with Gasteiger partial charge in [-0.1, -0.05) is 87.6 Å². The van der Waals surface area contributed by atoms with Crippen LogP contribution in [0.25, 0.3) is 0 Å². The van der Waals surface area contributed by atoms with Gasteiger partial charge < -0.3 is 10.2 Å². The van der Waals surface area contributed by atoms with E-state index >= 15 is 0 Å². The predicted octanol–water partition coefficient (Wildman–Crippen LogP) is 6.78. The summed E-state index contributed by atoms with van der Waals surface area (Å²) in [6.45, 7) is 8.22. The van der Waals surface area contributed by atoms with Crippen LogP contribution in [0.15, 0.2) is 48.5 Å². The van der Waals surface area contributed by atoms with Gasteiger partial charge in [0.1, 0.15) is 11.2 Å². The number of carbonyl (C=O) groups excluding carboxylic acids is 2. The van der Waals surface area contributed by atoms with Gasteiger partial charge in [0, 0.05) is 11.1 Å². The van der Waals surface area contributed by atoms with Crippen LogP contribution in [0, 0.1) is 0 Å². The Balaban J connectivity index is 2.21. The summed E-state index contributed by atoms with van der Waals surface area (Å²) in [5.74, 6) is 0.417. The fourth-order valence-corrected chi connectivity index (χ4v) is 5.10. The van der Waals surface area contributed by atoms with Crippen LogP contribution < -0.4 is 0 Å². The van der Waals surface area contributed by atoms with Crippen LogP contribution in [0.1, 0.15) is 110 Å². The van der Waals surface area contributed by atoms with Crippen LogP contribution in [0.4, 0.5) is 0 Å². The van der Waals surface area contributed by atoms with E-state index in [0.29, 0.717) is 11.1 Å². The fraction of sp³-hybridized carbons (Fsp3) is 0.517. The summed E-state index contributed by atoms with van der Waals surface area (Å²) in [4.78, 5) is 24.8. The van der Waals surface area contributed by atoms with Crippen molar-refractivity contribution in [2.24, 2.45) is 0 Å². The number of Topliss-reactive ketones (excluding diaryl/α,β-unsaturated/α-hetero) is 2. The fourth-order valence-electron chi connectivity index (χ4n) is 3.79. The van der Waals surface area contributed by atoms with Crippen LogP contribution in [0.5, 0.6) is 0 Å². The van der Waals surface area contributed by atoms with E-state index in [9.17, 15) is 19.8 Å². The number of benzene rings is 2. The van der Waals surface area contributed by atoms with Gasteiger partial charge in [0.15, 0.2) is 11.6 Å². The molecular weight excluding hydrogens is 444 g/mol. The molecule has 0 heterocycles. The van der Waals surface area contributed by atoms with Crippen molar-refractivity contribution >= 4 is 23.3 Å². The monoisotopic (exact) mass is 484 g/mol. The van der Waals surface area contributed by atoms with E-state index in [-0.39, 0.29) is 16.8 Å². The molecular formula is C29H40O4S. The Hall–Kier alpha value is -1.95. The minimum Gasteiger partial charge on any atom is -0.382 e. The number of hydrogen-bond donors (Lipinski definition) is 2. The van der Waals surface area contributed by atoms with E-state index in [0.717, 1.165) is 23.3 Å². The van der Waals surface area contributed by atoms with Crippen molar-refractivity contribution in [2.75, 3.05) is 5.75 Å². The second kappa shape index (κ2) is 12.7. The minimum atomic E-state index is -1.41.